The Morgan fingerprint density at radius 2 is 1.87 bits per heavy atom. The molecule has 0 bridgehead atoms. The minimum Gasteiger partial charge on any atom is -0.356 e. The molecule has 4 N–H and O–H groups in total. The van der Waals surface area contributed by atoms with Gasteiger partial charge in [-0.3, -0.25) is 4.79 Å². The van der Waals surface area contributed by atoms with E-state index in [4.69, 9.17) is 0 Å². The number of carbonyl (C=O) groups is 1. The Bertz CT molecular complexity index is 980. The molecule has 2 unspecified atom stereocenters. The van der Waals surface area contributed by atoms with Gasteiger partial charge in [-0.05, 0) is 48.2 Å². The quantitative estimate of drug-likeness (QED) is 0.430. The van der Waals surface area contributed by atoms with Gasteiger partial charge in [0, 0.05) is 24.6 Å². The van der Waals surface area contributed by atoms with Gasteiger partial charge in [-0.15, -0.1) is 0 Å². The molecule has 1 aliphatic heterocycles. The molecule has 9 heteroatoms. The lowest BCUT2D eigenvalue weighted by Crippen LogP contribution is -2.50. The largest absolute Gasteiger partial charge is 0.356 e. The number of amides is 1. The summed E-state index contributed by atoms with van der Waals surface area (Å²) in [7, 11) is 0. The summed E-state index contributed by atoms with van der Waals surface area (Å²) in [5, 5.41) is 6.17. The molecule has 0 spiro atoms. The number of hydrogen-bond acceptors (Lipinski definition) is 3. The van der Waals surface area contributed by atoms with E-state index < -0.39 is 17.5 Å². The van der Waals surface area contributed by atoms with Gasteiger partial charge in [-0.2, -0.15) is 4.99 Å². The van der Waals surface area contributed by atoms with Crippen molar-refractivity contribution in [2.45, 2.75) is 39.4 Å². The summed E-state index contributed by atoms with van der Waals surface area (Å²) in [6, 6.07) is 7.83. The van der Waals surface area contributed by atoms with E-state index in [0.717, 1.165) is 17.7 Å². The number of hydrazine groups is 1. The standard InChI is InChI=1S/C22H26F3N5O/c1-12(2)11-26-22(28-21(31)15-6-7-16(23)18(25)9-15)27-20-10-19(29-30-20)14-5-4-13(3)17(24)8-14/h4-9,12,19-20,29-30H,10-11H2,1-3H3,(H2,26,27,28,31). The van der Waals surface area contributed by atoms with E-state index in [0.29, 0.717) is 18.5 Å². The molecule has 0 radical (unpaired) electrons. The van der Waals surface area contributed by atoms with E-state index in [1.54, 1.807) is 13.0 Å². The van der Waals surface area contributed by atoms with Gasteiger partial charge in [-0.1, -0.05) is 26.0 Å². The monoisotopic (exact) mass is 433 g/mol. The van der Waals surface area contributed by atoms with E-state index in [1.165, 1.54) is 12.1 Å². The molecule has 0 saturated carbocycles. The lowest BCUT2D eigenvalue weighted by atomic mass is 10.0. The van der Waals surface area contributed by atoms with Gasteiger partial charge in [-0.25, -0.2) is 24.0 Å². The van der Waals surface area contributed by atoms with Crippen LogP contribution in [0.2, 0.25) is 0 Å². The van der Waals surface area contributed by atoms with Gasteiger partial charge in [0.2, 0.25) is 5.96 Å². The highest BCUT2D eigenvalue weighted by Gasteiger charge is 2.26. The second kappa shape index (κ2) is 9.93. The van der Waals surface area contributed by atoms with Gasteiger partial charge in [0.05, 0.1) is 6.17 Å². The first-order valence-electron chi connectivity index (χ1n) is 10.1. The van der Waals surface area contributed by atoms with Crippen molar-refractivity contribution in [2.24, 2.45) is 10.9 Å². The van der Waals surface area contributed by atoms with Crippen LogP contribution in [0.15, 0.2) is 41.4 Å². The highest BCUT2D eigenvalue weighted by atomic mass is 19.2. The first kappa shape index (κ1) is 22.8. The van der Waals surface area contributed by atoms with Crippen molar-refractivity contribution >= 4 is 11.9 Å². The zero-order chi connectivity index (χ0) is 22.5. The van der Waals surface area contributed by atoms with Crippen LogP contribution >= 0.6 is 0 Å². The molecule has 1 saturated heterocycles. The Kier molecular flexibility index (Phi) is 7.29. The first-order valence-corrected chi connectivity index (χ1v) is 10.1. The molecule has 2 atom stereocenters. The predicted octanol–water partition coefficient (Wildman–Crippen LogP) is 3.31. The van der Waals surface area contributed by atoms with Gasteiger partial charge in [0.25, 0.3) is 5.91 Å². The molecule has 1 heterocycles. The SMILES string of the molecule is Cc1ccc(C2CC(N/C(=N\C(=O)c3ccc(F)c(F)c3)NCC(C)C)NN2)cc1F. The van der Waals surface area contributed by atoms with Crippen LogP contribution in [-0.2, 0) is 0 Å². The molecule has 3 rings (SSSR count). The Balaban J connectivity index is 1.71. The van der Waals surface area contributed by atoms with E-state index >= 15 is 0 Å². The van der Waals surface area contributed by atoms with Crippen LogP contribution in [0.3, 0.4) is 0 Å². The molecular formula is C22H26F3N5O. The van der Waals surface area contributed by atoms with Crippen LogP contribution in [0.1, 0.15) is 47.8 Å². The Hall–Kier alpha value is -2.91. The highest BCUT2D eigenvalue weighted by molar-refractivity contribution is 6.02. The van der Waals surface area contributed by atoms with Crippen molar-refractivity contribution in [3.8, 4) is 0 Å². The maximum absolute atomic E-state index is 13.9. The van der Waals surface area contributed by atoms with Crippen LogP contribution < -0.4 is 21.5 Å². The second-order valence-corrected chi connectivity index (χ2v) is 7.95. The molecule has 6 nitrogen and oxygen atoms in total. The molecule has 31 heavy (non-hydrogen) atoms. The molecule has 1 amide bonds. The number of rotatable bonds is 5. The summed E-state index contributed by atoms with van der Waals surface area (Å²) < 4.78 is 40.5. The summed E-state index contributed by atoms with van der Waals surface area (Å²) in [6.07, 6.45) is 0.259. The van der Waals surface area contributed by atoms with E-state index in [2.05, 4.69) is 26.5 Å². The molecule has 1 fully saturated rings. The Morgan fingerprint density at radius 3 is 2.55 bits per heavy atom. The molecule has 2 aromatic carbocycles. The van der Waals surface area contributed by atoms with Gasteiger partial charge >= 0.3 is 0 Å². The number of aryl methyl sites for hydroxylation is 1. The molecular weight excluding hydrogens is 407 g/mol. The number of aliphatic imine (C=N–C) groups is 1. The Labute approximate surface area is 179 Å². The van der Waals surface area contributed by atoms with E-state index in [1.807, 2.05) is 19.9 Å². The molecule has 1 aliphatic rings. The lowest BCUT2D eigenvalue weighted by molar-refractivity contribution is 0.100. The highest BCUT2D eigenvalue weighted by Crippen LogP contribution is 2.23. The van der Waals surface area contributed by atoms with Gasteiger partial charge in [0.15, 0.2) is 11.6 Å². The topological polar surface area (TPSA) is 77.5 Å². The summed E-state index contributed by atoms with van der Waals surface area (Å²) in [6.45, 7) is 6.25. The Morgan fingerprint density at radius 1 is 1.10 bits per heavy atom. The minimum absolute atomic E-state index is 0.0601. The normalized spacial score (nSPS) is 19.0. The minimum atomic E-state index is -1.11. The third kappa shape index (κ3) is 6.05. The van der Waals surface area contributed by atoms with Gasteiger partial charge in [0.1, 0.15) is 5.82 Å². The van der Waals surface area contributed by atoms with Crippen molar-refractivity contribution in [1.29, 1.82) is 0 Å². The van der Waals surface area contributed by atoms with Crippen LogP contribution in [0.4, 0.5) is 13.2 Å². The number of nitrogens with one attached hydrogen (secondary N) is 4. The van der Waals surface area contributed by atoms with Crippen LogP contribution in [0.5, 0.6) is 0 Å². The van der Waals surface area contributed by atoms with E-state index in [9.17, 15) is 18.0 Å². The first-order chi connectivity index (χ1) is 14.7. The van der Waals surface area contributed by atoms with Crippen molar-refractivity contribution in [3.05, 3.63) is 70.5 Å². The molecule has 2 aromatic rings. The van der Waals surface area contributed by atoms with Crippen molar-refractivity contribution < 1.29 is 18.0 Å². The number of guanidine groups is 1. The lowest BCUT2D eigenvalue weighted by Gasteiger charge is -2.18. The average molecular weight is 433 g/mol. The summed E-state index contributed by atoms with van der Waals surface area (Å²) in [4.78, 5) is 16.5. The van der Waals surface area contributed by atoms with Crippen LogP contribution in [0, 0.1) is 30.3 Å². The average Bonchev–Trinajstić information content (AvgIpc) is 3.18. The van der Waals surface area contributed by atoms with Crippen molar-refractivity contribution in [3.63, 3.8) is 0 Å². The zero-order valence-corrected chi connectivity index (χ0v) is 17.6. The summed E-state index contributed by atoms with van der Waals surface area (Å²) in [5.74, 6) is -2.63. The summed E-state index contributed by atoms with van der Waals surface area (Å²) >= 11 is 0. The number of carbonyl (C=O) groups excluding carboxylic acids is 1. The fourth-order valence-corrected chi connectivity index (χ4v) is 3.08. The number of nitrogens with zero attached hydrogens (tertiary/aromatic N) is 1. The molecule has 0 aliphatic carbocycles. The van der Waals surface area contributed by atoms with Crippen LogP contribution in [0.25, 0.3) is 0 Å². The fraction of sp³-hybridized carbons (Fsp3) is 0.364. The third-order valence-corrected chi connectivity index (χ3v) is 4.87. The molecule has 0 aromatic heterocycles. The molecule has 166 valence electrons. The third-order valence-electron chi connectivity index (χ3n) is 4.87. The maximum Gasteiger partial charge on any atom is 0.280 e. The zero-order valence-electron chi connectivity index (χ0n) is 17.6. The fourth-order valence-electron chi connectivity index (χ4n) is 3.08. The maximum atomic E-state index is 13.9. The number of benzene rings is 2. The van der Waals surface area contributed by atoms with Crippen molar-refractivity contribution in [2.75, 3.05) is 6.54 Å². The predicted molar refractivity (Wildman–Crippen MR) is 113 cm³/mol. The van der Waals surface area contributed by atoms with Gasteiger partial charge < -0.3 is 10.6 Å². The van der Waals surface area contributed by atoms with Crippen LogP contribution in [-0.4, -0.2) is 24.6 Å². The number of hydrogen-bond donors (Lipinski definition) is 4. The smallest absolute Gasteiger partial charge is 0.280 e. The van der Waals surface area contributed by atoms with Crippen molar-refractivity contribution in [1.82, 2.24) is 21.5 Å². The number of halogens is 3. The second-order valence-electron chi connectivity index (χ2n) is 7.95. The summed E-state index contributed by atoms with van der Waals surface area (Å²) in [5.41, 5.74) is 7.48. The van der Waals surface area contributed by atoms with E-state index in [-0.39, 0.29) is 35.5 Å².